The van der Waals surface area contributed by atoms with Crippen molar-refractivity contribution in [2.24, 2.45) is 0 Å². The second-order valence-electron chi connectivity index (χ2n) is 11.8. The minimum Gasteiger partial charge on any atom is -0.477 e. The number of carboxylic acid groups (broad SMARTS) is 1. The molecule has 1 aliphatic heterocycles. The van der Waals surface area contributed by atoms with Crippen molar-refractivity contribution < 1.29 is 58.9 Å². The fraction of sp³-hybridized carbons (Fsp3) is 0.606. The number of terminal acetylenes is 1. The molecule has 1 aromatic carbocycles. The summed E-state index contributed by atoms with van der Waals surface area (Å²) < 4.78 is 23.5. The average molecular weight is 706 g/mol. The van der Waals surface area contributed by atoms with E-state index >= 15 is 0 Å². The average Bonchev–Trinajstić information content (AvgIpc) is 3.56. The first kappa shape index (κ1) is 40.4. The highest BCUT2D eigenvalue weighted by Gasteiger charge is 2.55. The van der Waals surface area contributed by atoms with Gasteiger partial charge in [-0.2, -0.15) is 0 Å². The Kier molecular flexibility index (Phi) is 16.7. The molecule has 1 aromatic heterocycles. The van der Waals surface area contributed by atoms with Crippen LogP contribution in [0.15, 0.2) is 30.5 Å². The van der Waals surface area contributed by atoms with Gasteiger partial charge in [0.15, 0.2) is 0 Å². The molecule has 0 spiro atoms. The number of aliphatic hydroxyl groups is 4. The molecule has 0 aliphatic carbocycles. The Morgan fingerprint density at radius 2 is 1.86 bits per heavy atom. The summed E-state index contributed by atoms with van der Waals surface area (Å²) in [6, 6.07) is 5.26. The van der Waals surface area contributed by atoms with E-state index in [0.717, 1.165) is 12.8 Å². The molecular weight excluding hydrogens is 658 g/mol. The Hall–Kier alpha value is -3.99. The van der Waals surface area contributed by atoms with Crippen molar-refractivity contribution in [3.05, 3.63) is 47.3 Å². The Labute approximate surface area is 289 Å². The van der Waals surface area contributed by atoms with Crippen LogP contribution in [0.1, 0.15) is 48.9 Å². The van der Waals surface area contributed by atoms with Gasteiger partial charge in [-0.25, -0.2) is 4.79 Å². The molecule has 2 heterocycles. The van der Waals surface area contributed by atoms with Gasteiger partial charge in [0, 0.05) is 32.2 Å². The fourth-order valence-corrected chi connectivity index (χ4v) is 5.27. The third kappa shape index (κ3) is 12.4. The number of hydrogen-bond donors (Lipinski definition) is 7. The number of nitrogens with zero attached hydrogens (tertiary/aromatic N) is 3. The van der Waals surface area contributed by atoms with E-state index in [1.807, 2.05) is 0 Å². The van der Waals surface area contributed by atoms with Gasteiger partial charge in [0.2, 0.25) is 11.8 Å². The van der Waals surface area contributed by atoms with E-state index in [9.17, 15) is 39.9 Å². The SMILES string of the molecule is C#Cc1ccc(CC(=O)NC[C@@H](O)[C@@H](O)C2OC(OCCCCCCn3cc(COCCOC)nn3)(C(=O)O)CC(O)C2NC(=O)CO)cc1. The molecule has 6 atom stereocenters. The number of nitrogens with one attached hydrogen (secondary N) is 2. The summed E-state index contributed by atoms with van der Waals surface area (Å²) in [5.74, 6) is -2.97. The van der Waals surface area contributed by atoms with Crippen LogP contribution in [0.25, 0.3) is 0 Å². The molecule has 1 saturated heterocycles. The van der Waals surface area contributed by atoms with Crippen LogP contribution in [0.5, 0.6) is 0 Å². The van der Waals surface area contributed by atoms with E-state index in [-0.39, 0.29) is 13.0 Å². The van der Waals surface area contributed by atoms with Crippen LogP contribution in [0.4, 0.5) is 0 Å². The molecule has 2 amide bonds. The number of carboxylic acids is 1. The van der Waals surface area contributed by atoms with Crippen molar-refractivity contribution in [3.8, 4) is 12.3 Å². The van der Waals surface area contributed by atoms with Gasteiger partial charge in [-0.1, -0.05) is 36.1 Å². The number of hydrogen-bond acceptors (Lipinski definition) is 13. The largest absolute Gasteiger partial charge is 0.477 e. The second-order valence-corrected chi connectivity index (χ2v) is 11.8. The van der Waals surface area contributed by atoms with Gasteiger partial charge >= 0.3 is 5.97 Å². The number of unbranched alkanes of at least 4 members (excludes halogenated alkanes) is 3. The highest BCUT2D eigenvalue weighted by Crippen LogP contribution is 2.34. The number of aromatic nitrogens is 3. The molecule has 4 unspecified atom stereocenters. The lowest BCUT2D eigenvalue weighted by Crippen LogP contribution is -2.68. The van der Waals surface area contributed by atoms with Crippen LogP contribution >= 0.6 is 0 Å². The lowest BCUT2D eigenvalue weighted by atomic mass is 9.88. The van der Waals surface area contributed by atoms with E-state index in [2.05, 4.69) is 26.9 Å². The normalized spacial score (nSPS) is 21.6. The number of ether oxygens (including phenoxy) is 4. The number of carbonyl (C=O) groups excluding carboxylic acids is 2. The van der Waals surface area contributed by atoms with Gasteiger partial charge in [0.25, 0.3) is 5.79 Å². The quantitative estimate of drug-likeness (QED) is 0.0544. The third-order valence-corrected chi connectivity index (χ3v) is 7.98. The van der Waals surface area contributed by atoms with Crippen molar-refractivity contribution in [3.63, 3.8) is 0 Å². The predicted molar refractivity (Wildman–Crippen MR) is 174 cm³/mol. The van der Waals surface area contributed by atoms with Gasteiger partial charge in [-0.05, 0) is 30.5 Å². The molecule has 0 saturated carbocycles. The van der Waals surface area contributed by atoms with Gasteiger partial charge in [-0.3, -0.25) is 14.3 Å². The molecule has 0 radical (unpaired) electrons. The highest BCUT2D eigenvalue weighted by atomic mass is 16.7. The monoisotopic (exact) mass is 705 g/mol. The topological polar surface area (TPSA) is 244 Å². The van der Waals surface area contributed by atoms with E-state index in [1.165, 1.54) is 0 Å². The van der Waals surface area contributed by atoms with Crippen LogP contribution < -0.4 is 10.6 Å². The molecule has 0 bridgehead atoms. The lowest BCUT2D eigenvalue weighted by Gasteiger charge is -2.46. The predicted octanol–water partition coefficient (Wildman–Crippen LogP) is -1.51. The number of amides is 2. The molecule has 7 N–H and O–H groups in total. The number of rotatable bonds is 22. The zero-order chi connectivity index (χ0) is 36.5. The van der Waals surface area contributed by atoms with Crippen LogP contribution in [0.2, 0.25) is 0 Å². The summed E-state index contributed by atoms with van der Waals surface area (Å²) in [6.45, 7) is 0.363. The van der Waals surface area contributed by atoms with Gasteiger partial charge in [-0.15, -0.1) is 11.5 Å². The first-order valence-electron chi connectivity index (χ1n) is 16.3. The molecule has 1 fully saturated rings. The molecule has 276 valence electrons. The van der Waals surface area contributed by atoms with Gasteiger partial charge in [0.1, 0.15) is 24.5 Å². The fourth-order valence-electron chi connectivity index (χ4n) is 5.27. The molecule has 17 heteroatoms. The van der Waals surface area contributed by atoms with Crippen molar-refractivity contribution in [1.82, 2.24) is 25.6 Å². The van der Waals surface area contributed by atoms with Crippen LogP contribution in [-0.2, 0) is 52.9 Å². The van der Waals surface area contributed by atoms with Crippen molar-refractivity contribution in [2.75, 3.05) is 40.1 Å². The van der Waals surface area contributed by atoms with Gasteiger partial charge < -0.3 is 55.1 Å². The van der Waals surface area contributed by atoms with Gasteiger partial charge in [0.05, 0.1) is 57.3 Å². The number of aryl methyl sites for hydroxylation is 1. The smallest absolute Gasteiger partial charge is 0.364 e. The minimum atomic E-state index is -2.43. The highest BCUT2D eigenvalue weighted by molar-refractivity contribution is 5.79. The first-order valence-corrected chi connectivity index (χ1v) is 16.3. The van der Waals surface area contributed by atoms with Crippen molar-refractivity contribution >= 4 is 17.8 Å². The summed E-state index contributed by atoms with van der Waals surface area (Å²) >= 11 is 0. The van der Waals surface area contributed by atoms with E-state index < -0.39 is 73.6 Å². The maximum absolute atomic E-state index is 12.5. The van der Waals surface area contributed by atoms with Crippen LogP contribution in [0.3, 0.4) is 0 Å². The molecule has 2 aromatic rings. The number of methoxy groups -OCH3 is 1. The zero-order valence-corrected chi connectivity index (χ0v) is 28.0. The Morgan fingerprint density at radius 3 is 2.54 bits per heavy atom. The second kappa shape index (κ2) is 20.6. The Balaban J connectivity index is 1.54. The number of benzene rings is 1. The number of aliphatic hydroxyl groups excluding tert-OH is 4. The summed E-state index contributed by atoms with van der Waals surface area (Å²) in [4.78, 5) is 37.0. The zero-order valence-electron chi connectivity index (χ0n) is 28.0. The first-order chi connectivity index (χ1) is 24.0. The third-order valence-electron chi connectivity index (χ3n) is 7.98. The summed E-state index contributed by atoms with van der Waals surface area (Å²) in [6.07, 6.45) is 2.10. The molecule has 17 nitrogen and oxygen atoms in total. The van der Waals surface area contributed by atoms with Crippen molar-refractivity contribution in [1.29, 1.82) is 0 Å². The van der Waals surface area contributed by atoms with Crippen molar-refractivity contribution in [2.45, 2.75) is 87.9 Å². The lowest BCUT2D eigenvalue weighted by molar-refractivity contribution is -0.310. The minimum absolute atomic E-state index is 0.0516. The number of aliphatic carboxylic acids is 1. The molecule has 50 heavy (non-hydrogen) atoms. The maximum Gasteiger partial charge on any atom is 0.364 e. The summed E-state index contributed by atoms with van der Waals surface area (Å²) in [5.41, 5.74) is 1.99. The van der Waals surface area contributed by atoms with E-state index in [1.54, 1.807) is 42.3 Å². The van der Waals surface area contributed by atoms with Crippen LogP contribution in [-0.4, -0.2) is 135 Å². The Bertz CT molecular complexity index is 1400. The Morgan fingerprint density at radius 1 is 1.12 bits per heavy atom. The van der Waals surface area contributed by atoms with E-state index in [4.69, 9.17) is 25.4 Å². The maximum atomic E-state index is 12.5. The summed E-state index contributed by atoms with van der Waals surface area (Å²) in [5, 5.41) is 65.1. The number of carbonyl (C=O) groups is 3. The summed E-state index contributed by atoms with van der Waals surface area (Å²) in [7, 11) is 1.59. The van der Waals surface area contributed by atoms with Crippen LogP contribution in [0, 0.1) is 12.3 Å². The molecular formula is C33H47N5O12. The molecule has 3 rings (SSSR count). The standard InChI is InChI=1S/C33H47N5O12/c1-3-22-8-10-23(11-9-22)16-27(42)34-18-26(41)30(44)31-29(35-28(43)20-39)25(40)17-33(50-31,32(45)46)49-13-7-5-4-6-12-38-19-24(36-37-38)21-48-15-14-47-2/h1,8-11,19,25-26,29-31,39-41,44H,4-7,12-18,20-21H2,2H3,(H,34,42)(H,35,43)(H,45,46)/t25?,26-,29?,30-,31?,33?/m1/s1. The van der Waals surface area contributed by atoms with E-state index in [0.29, 0.717) is 56.0 Å². The molecule has 1 aliphatic rings.